The normalized spacial score (nSPS) is 14.8. The molecule has 0 fully saturated rings. The van der Waals surface area contributed by atoms with Crippen molar-refractivity contribution in [1.82, 2.24) is 10.2 Å². The first kappa shape index (κ1) is 16.9. The first-order valence-corrected chi connectivity index (χ1v) is 12.2. The van der Waals surface area contributed by atoms with Gasteiger partial charge in [0.2, 0.25) is 5.91 Å². The Morgan fingerprint density at radius 2 is 2.04 bits per heavy atom. The number of aryl methyl sites for hydroxylation is 1. The number of nitrogens with one attached hydrogen (secondary N) is 1. The summed E-state index contributed by atoms with van der Waals surface area (Å²) in [6, 6.07) is 9.18. The number of ether oxygens (including phenoxy) is 1. The van der Waals surface area contributed by atoms with Crippen LogP contribution in [0.4, 0.5) is 11.5 Å². The summed E-state index contributed by atoms with van der Waals surface area (Å²) in [5.41, 5.74) is 3.06. The van der Waals surface area contributed by atoms with E-state index in [4.69, 9.17) is 4.74 Å². The van der Waals surface area contributed by atoms with E-state index in [0.29, 0.717) is 13.0 Å². The van der Waals surface area contributed by atoms with Crippen molar-refractivity contribution < 1.29 is 9.53 Å². The second kappa shape index (κ2) is 6.90. The average Bonchev–Trinajstić information content (AvgIpc) is 2.98. The van der Waals surface area contributed by atoms with E-state index in [1.165, 1.54) is 5.56 Å². The summed E-state index contributed by atoms with van der Waals surface area (Å²) in [4.78, 5) is 14.3. The van der Waals surface area contributed by atoms with Gasteiger partial charge in [-0.15, -0.1) is 0 Å². The smallest absolute Gasteiger partial charge is 0.233 e. The third-order valence-corrected chi connectivity index (χ3v) is 5.97. The minimum Gasteiger partial charge on any atom is -0.377 e. The second-order valence-corrected chi connectivity index (χ2v) is 13.1. The lowest BCUT2D eigenvalue weighted by atomic mass is 10.0. The number of para-hydroxylation sites is 1. The Hall–Kier alpha value is -1.92. The minimum atomic E-state index is -1.10. The number of aromatic nitrogens is 2. The van der Waals surface area contributed by atoms with Gasteiger partial charge in [0.1, 0.15) is 5.82 Å². The van der Waals surface area contributed by atoms with E-state index in [2.05, 4.69) is 35.9 Å². The molecule has 3 rings (SSSR count). The zero-order valence-electron chi connectivity index (χ0n) is 14.6. The molecule has 0 atom stereocenters. The molecule has 128 valence electrons. The van der Waals surface area contributed by atoms with Crippen molar-refractivity contribution in [3.63, 3.8) is 0 Å². The van der Waals surface area contributed by atoms with E-state index in [1.807, 2.05) is 18.2 Å². The molecule has 0 saturated heterocycles. The maximum absolute atomic E-state index is 12.5. The fraction of sp³-hybridized carbons (Fsp3) is 0.444. The Morgan fingerprint density at radius 1 is 1.25 bits per heavy atom. The van der Waals surface area contributed by atoms with Gasteiger partial charge in [-0.3, -0.25) is 14.8 Å². The zero-order valence-corrected chi connectivity index (χ0v) is 15.6. The van der Waals surface area contributed by atoms with Gasteiger partial charge in [-0.1, -0.05) is 37.8 Å². The topological polar surface area (TPSA) is 58.2 Å². The van der Waals surface area contributed by atoms with Gasteiger partial charge in [0.05, 0.1) is 18.5 Å². The van der Waals surface area contributed by atoms with E-state index >= 15 is 0 Å². The van der Waals surface area contributed by atoms with Gasteiger partial charge >= 0.3 is 0 Å². The van der Waals surface area contributed by atoms with Crippen LogP contribution in [0.1, 0.15) is 17.5 Å². The molecule has 1 amide bonds. The highest BCUT2D eigenvalue weighted by Gasteiger charge is 2.28. The summed E-state index contributed by atoms with van der Waals surface area (Å²) in [6.07, 6.45) is 3.07. The van der Waals surface area contributed by atoms with Crippen molar-refractivity contribution in [2.75, 3.05) is 11.5 Å². The van der Waals surface area contributed by atoms with Crippen LogP contribution in [0.25, 0.3) is 0 Å². The number of carbonyl (C=O) groups is 1. The Kier molecular flexibility index (Phi) is 4.87. The van der Waals surface area contributed by atoms with Crippen LogP contribution in [0.3, 0.4) is 0 Å². The van der Waals surface area contributed by atoms with Gasteiger partial charge in [0, 0.05) is 26.7 Å². The molecule has 1 aliphatic rings. The molecular formula is C18H25N3O2Si. The van der Waals surface area contributed by atoms with Crippen LogP contribution in [0.15, 0.2) is 30.5 Å². The largest absolute Gasteiger partial charge is 0.377 e. The molecule has 1 N–H and O–H groups in total. The number of H-pyrrole nitrogens is 1. The standard InChI is InChI=1S/C18H25N3O2Si/c1-24(2,3)11-10-23-13-15-12-19-20-18(15)21-16-7-5-4-6-14(16)8-9-17(21)22/h4-7,12H,8-11,13H2,1-3H3,(H,19,20). The highest BCUT2D eigenvalue weighted by Crippen LogP contribution is 2.34. The lowest BCUT2D eigenvalue weighted by Crippen LogP contribution is -2.31. The highest BCUT2D eigenvalue weighted by atomic mass is 28.3. The summed E-state index contributed by atoms with van der Waals surface area (Å²) >= 11 is 0. The fourth-order valence-corrected chi connectivity index (χ4v) is 3.59. The molecule has 0 spiro atoms. The van der Waals surface area contributed by atoms with Gasteiger partial charge < -0.3 is 4.74 Å². The molecule has 6 heteroatoms. The second-order valence-electron chi connectivity index (χ2n) is 7.46. The number of benzene rings is 1. The molecule has 2 heterocycles. The number of rotatable bonds is 6. The molecule has 1 aromatic heterocycles. The highest BCUT2D eigenvalue weighted by molar-refractivity contribution is 6.76. The van der Waals surface area contributed by atoms with Crippen LogP contribution < -0.4 is 4.90 Å². The van der Waals surface area contributed by atoms with Gasteiger partial charge in [-0.25, -0.2) is 0 Å². The number of carbonyl (C=O) groups excluding carboxylic acids is 1. The van der Waals surface area contributed by atoms with Crippen LogP contribution in [0.2, 0.25) is 25.7 Å². The molecule has 5 nitrogen and oxygen atoms in total. The van der Waals surface area contributed by atoms with E-state index < -0.39 is 8.07 Å². The number of hydrogen-bond donors (Lipinski definition) is 1. The van der Waals surface area contributed by atoms with Crippen LogP contribution in [0, 0.1) is 0 Å². The summed E-state index contributed by atoms with van der Waals surface area (Å²) in [6.45, 7) is 8.24. The van der Waals surface area contributed by atoms with Gasteiger partial charge in [-0.2, -0.15) is 5.10 Å². The van der Waals surface area contributed by atoms with Crippen LogP contribution in [-0.2, 0) is 22.6 Å². The summed E-state index contributed by atoms with van der Waals surface area (Å²) in [7, 11) is -1.10. The van der Waals surface area contributed by atoms with Crippen molar-refractivity contribution in [2.45, 2.75) is 45.1 Å². The quantitative estimate of drug-likeness (QED) is 0.640. The monoisotopic (exact) mass is 343 g/mol. The number of aromatic amines is 1. The van der Waals surface area contributed by atoms with Crippen LogP contribution in [-0.4, -0.2) is 30.8 Å². The maximum atomic E-state index is 12.5. The fourth-order valence-electron chi connectivity index (χ4n) is 2.84. The van der Waals surface area contributed by atoms with Gasteiger partial charge in [0.15, 0.2) is 0 Å². The van der Waals surface area contributed by atoms with Gasteiger partial charge in [0.25, 0.3) is 0 Å². The molecule has 0 radical (unpaired) electrons. The lowest BCUT2D eigenvalue weighted by molar-refractivity contribution is -0.118. The third-order valence-electron chi connectivity index (χ3n) is 4.26. The molecule has 1 aromatic carbocycles. The van der Waals surface area contributed by atoms with Crippen molar-refractivity contribution >= 4 is 25.5 Å². The molecule has 2 aromatic rings. The van der Waals surface area contributed by atoms with E-state index in [1.54, 1.807) is 11.1 Å². The summed E-state index contributed by atoms with van der Waals surface area (Å²) in [5, 5.41) is 7.13. The van der Waals surface area contributed by atoms with Crippen molar-refractivity contribution in [2.24, 2.45) is 0 Å². The molecular weight excluding hydrogens is 318 g/mol. The Morgan fingerprint density at radius 3 is 2.83 bits per heavy atom. The number of anilines is 2. The van der Waals surface area contributed by atoms with Crippen LogP contribution in [0.5, 0.6) is 0 Å². The summed E-state index contributed by atoms with van der Waals surface area (Å²) < 4.78 is 5.85. The number of nitrogens with zero attached hydrogens (tertiary/aromatic N) is 2. The first-order valence-electron chi connectivity index (χ1n) is 8.46. The van der Waals surface area contributed by atoms with Crippen LogP contribution >= 0.6 is 0 Å². The third kappa shape index (κ3) is 3.76. The first-order chi connectivity index (χ1) is 11.5. The molecule has 24 heavy (non-hydrogen) atoms. The number of amides is 1. The number of fused-ring (bicyclic) bond motifs is 1. The Bertz CT molecular complexity index is 721. The Labute approximate surface area is 144 Å². The SMILES string of the molecule is C[Si](C)(C)CCOCc1cn[nH]c1N1C(=O)CCc2ccccc21. The minimum absolute atomic E-state index is 0.0984. The molecule has 0 bridgehead atoms. The lowest BCUT2D eigenvalue weighted by Gasteiger charge is -2.28. The van der Waals surface area contributed by atoms with Crippen molar-refractivity contribution in [1.29, 1.82) is 0 Å². The maximum Gasteiger partial charge on any atom is 0.233 e. The van der Waals surface area contributed by atoms with Gasteiger partial charge in [-0.05, 0) is 24.1 Å². The predicted molar refractivity (Wildman–Crippen MR) is 98.3 cm³/mol. The Balaban J connectivity index is 1.76. The predicted octanol–water partition coefficient (Wildman–Crippen LogP) is 3.88. The molecule has 0 saturated carbocycles. The van der Waals surface area contributed by atoms with E-state index in [0.717, 1.165) is 36.1 Å². The summed E-state index contributed by atoms with van der Waals surface area (Å²) in [5.74, 6) is 0.835. The number of hydrogen-bond acceptors (Lipinski definition) is 3. The molecule has 0 aliphatic carbocycles. The van der Waals surface area contributed by atoms with E-state index in [-0.39, 0.29) is 5.91 Å². The zero-order chi connectivity index (χ0) is 17.2. The molecule has 0 unspecified atom stereocenters. The van der Waals surface area contributed by atoms with Crippen molar-refractivity contribution in [3.8, 4) is 0 Å². The van der Waals surface area contributed by atoms with E-state index in [9.17, 15) is 4.79 Å². The molecule has 1 aliphatic heterocycles. The average molecular weight is 344 g/mol. The van der Waals surface area contributed by atoms with Crippen molar-refractivity contribution in [3.05, 3.63) is 41.6 Å².